The lowest BCUT2D eigenvalue weighted by Gasteiger charge is -2.22. The molecule has 0 saturated carbocycles. The molecule has 4 heteroatoms. The fourth-order valence-corrected chi connectivity index (χ4v) is 2.20. The van der Waals surface area contributed by atoms with Gasteiger partial charge in [0, 0.05) is 29.8 Å². The molecular weight excluding hydrogens is 294 g/mol. The minimum absolute atomic E-state index is 0.598. The molecule has 0 aromatic heterocycles. The highest BCUT2D eigenvalue weighted by molar-refractivity contribution is 9.10. The number of anilines is 1. The first-order valence-electron chi connectivity index (χ1n) is 5.82. The van der Waals surface area contributed by atoms with Crippen LogP contribution in [0.3, 0.4) is 0 Å². The highest BCUT2D eigenvalue weighted by atomic mass is 79.9. The van der Waals surface area contributed by atoms with E-state index in [-0.39, 0.29) is 0 Å². The maximum Gasteiger partial charge on any atom is 0.328 e. The number of aliphatic carboxylic acids is 1. The van der Waals surface area contributed by atoms with Gasteiger partial charge in [0.15, 0.2) is 0 Å². The molecule has 0 fully saturated rings. The molecule has 0 radical (unpaired) electrons. The molecule has 1 N–H and O–H groups in total. The van der Waals surface area contributed by atoms with Crippen LogP contribution in [0.5, 0.6) is 0 Å². The summed E-state index contributed by atoms with van der Waals surface area (Å²) in [4.78, 5) is 12.7. The number of rotatable bonds is 5. The van der Waals surface area contributed by atoms with Gasteiger partial charge in [-0.25, -0.2) is 4.79 Å². The molecule has 3 nitrogen and oxygen atoms in total. The molecule has 0 amide bonds. The Morgan fingerprint density at radius 3 is 2.67 bits per heavy atom. The summed E-state index contributed by atoms with van der Waals surface area (Å²) in [6, 6.07) is 5.91. The quantitative estimate of drug-likeness (QED) is 0.844. The summed E-state index contributed by atoms with van der Waals surface area (Å²) in [5.41, 5.74) is 1.97. The second-order valence-corrected chi connectivity index (χ2v) is 5.51. The summed E-state index contributed by atoms with van der Waals surface area (Å²) in [6.07, 6.45) is 2.72. The molecule has 0 spiro atoms. The number of hydrogen-bond donors (Lipinski definition) is 1. The predicted octanol–water partition coefficient (Wildman–Crippen LogP) is 3.64. The average Bonchev–Trinajstić information content (AvgIpc) is 2.26. The molecule has 0 aliphatic heterocycles. The van der Waals surface area contributed by atoms with Gasteiger partial charge >= 0.3 is 5.97 Å². The first-order chi connectivity index (χ1) is 8.40. The summed E-state index contributed by atoms with van der Waals surface area (Å²) in [5.74, 6) is -0.344. The fourth-order valence-electron chi connectivity index (χ4n) is 1.70. The van der Waals surface area contributed by atoms with Crippen LogP contribution < -0.4 is 4.90 Å². The summed E-state index contributed by atoms with van der Waals surface area (Å²) in [7, 11) is 2.05. The summed E-state index contributed by atoms with van der Waals surface area (Å²) in [6.45, 7) is 5.34. The molecule has 0 atom stereocenters. The number of nitrogens with zero attached hydrogens (tertiary/aromatic N) is 1. The van der Waals surface area contributed by atoms with Crippen molar-refractivity contribution in [3.8, 4) is 0 Å². The largest absolute Gasteiger partial charge is 0.478 e. The molecule has 1 aromatic carbocycles. The zero-order valence-corrected chi connectivity index (χ0v) is 12.4. The highest BCUT2D eigenvalue weighted by Gasteiger charge is 2.05. The molecule has 0 unspecified atom stereocenters. The lowest BCUT2D eigenvalue weighted by molar-refractivity contribution is -0.131. The van der Waals surface area contributed by atoms with Gasteiger partial charge in [-0.2, -0.15) is 0 Å². The molecule has 0 aliphatic rings. The maximum atomic E-state index is 10.5. The van der Waals surface area contributed by atoms with Crippen molar-refractivity contribution in [2.45, 2.75) is 13.8 Å². The van der Waals surface area contributed by atoms with Crippen LogP contribution in [0.4, 0.5) is 5.69 Å². The summed E-state index contributed by atoms with van der Waals surface area (Å²) in [5, 5.41) is 8.60. The lowest BCUT2D eigenvalue weighted by atomic mass is 10.1. The average molecular weight is 312 g/mol. The standard InChI is InChI=1S/C14H18BrNO2/c1-10(2)9-16(3)12-6-4-11(13(15)8-12)5-7-14(17)18/h4-8,10H,9H2,1-3H3,(H,17,18)/b7-5+. The van der Waals surface area contributed by atoms with Gasteiger partial charge < -0.3 is 10.0 Å². The second kappa shape index (κ2) is 6.59. The van der Waals surface area contributed by atoms with E-state index in [9.17, 15) is 4.79 Å². The molecule has 1 aromatic rings. The van der Waals surface area contributed by atoms with Crippen molar-refractivity contribution in [3.05, 3.63) is 34.3 Å². The first kappa shape index (κ1) is 14.8. The minimum atomic E-state index is -0.942. The van der Waals surface area contributed by atoms with Crippen LogP contribution in [0.2, 0.25) is 0 Å². The second-order valence-electron chi connectivity index (χ2n) is 4.65. The normalized spacial score (nSPS) is 11.2. The van der Waals surface area contributed by atoms with E-state index in [1.54, 1.807) is 6.08 Å². The Morgan fingerprint density at radius 1 is 1.50 bits per heavy atom. The zero-order valence-electron chi connectivity index (χ0n) is 10.9. The van der Waals surface area contributed by atoms with Crippen molar-refractivity contribution in [1.29, 1.82) is 0 Å². The summed E-state index contributed by atoms with van der Waals surface area (Å²) >= 11 is 3.46. The number of carboxylic acids is 1. The minimum Gasteiger partial charge on any atom is -0.478 e. The highest BCUT2D eigenvalue weighted by Crippen LogP contribution is 2.25. The third kappa shape index (κ3) is 4.53. The number of carbonyl (C=O) groups is 1. The molecule has 18 heavy (non-hydrogen) atoms. The van der Waals surface area contributed by atoms with E-state index in [0.29, 0.717) is 5.92 Å². The number of hydrogen-bond acceptors (Lipinski definition) is 2. The first-order valence-corrected chi connectivity index (χ1v) is 6.61. The van der Waals surface area contributed by atoms with Crippen LogP contribution >= 0.6 is 15.9 Å². The number of benzene rings is 1. The molecule has 1 rings (SSSR count). The maximum absolute atomic E-state index is 10.5. The van der Waals surface area contributed by atoms with Crippen LogP contribution in [0.15, 0.2) is 28.7 Å². The lowest BCUT2D eigenvalue weighted by Crippen LogP contribution is -2.22. The van der Waals surface area contributed by atoms with Crippen LogP contribution in [0, 0.1) is 5.92 Å². The molecule has 98 valence electrons. The van der Waals surface area contributed by atoms with Crippen molar-refractivity contribution >= 4 is 33.7 Å². The van der Waals surface area contributed by atoms with Gasteiger partial charge in [-0.1, -0.05) is 35.8 Å². The Bertz CT molecular complexity index is 455. The van der Waals surface area contributed by atoms with E-state index >= 15 is 0 Å². The van der Waals surface area contributed by atoms with Crippen molar-refractivity contribution in [3.63, 3.8) is 0 Å². The number of carboxylic acid groups (broad SMARTS) is 1. The van der Waals surface area contributed by atoms with E-state index < -0.39 is 5.97 Å². The Balaban J connectivity index is 2.88. The van der Waals surface area contributed by atoms with Crippen LogP contribution in [0.25, 0.3) is 6.08 Å². The molecule has 0 aliphatic carbocycles. The smallest absolute Gasteiger partial charge is 0.328 e. The van der Waals surface area contributed by atoms with E-state index in [1.165, 1.54) is 0 Å². The Morgan fingerprint density at radius 2 is 2.17 bits per heavy atom. The van der Waals surface area contributed by atoms with Gasteiger partial charge in [-0.3, -0.25) is 0 Å². The van der Waals surface area contributed by atoms with Gasteiger partial charge in [0.05, 0.1) is 0 Å². The third-order valence-corrected chi connectivity index (χ3v) is 3.16. The van der Waals surface area contributed by atoms with Gasteiger partial charge in [-0.15, -0.1) is 0 Å². The van der Waals surface area contributed by atoms with Crippen molar-refractivity contribution in [2.24, 2.45) is 5.92 Å². The van der Waals surface area contributed by atoms with Crippen molar-refractivity contribution in [2.75, 3.05) is 18.5 Å². The summed E-state index contributed by atoms with van der Waals surface area (Å²) < 4.78 is 0.896. The van der Waals surface area contributed by atoms with E-state index in [2.05, 4.69) is 41.7 Å². The van der Waals surface area contributed by atoms with E-state index in [0.717, 1.165) is 28.3 Å². The SMILES string of the molecule is CC(C)CN(C)c1ccc(/C=C/C(=O)O)c(Br)c1. The fraction of sp³-hybridized carbons (Fsp3) is 0.357. The molecular formula is C14H18BrNO2. The Hall–Kier alpha value is -1.29. The third-order valence-electron chi connectivity index (χ3n) is 2.47. The zero-order chi connectivity index (χ0) is 13.7. The van der Waals surface area contributed by atoms with Gasteiger partial charge in [0.1, 0.15) is 0 Å². The van der Waals surface area contributed by atoms with Gasteiger partial charge in [0.25, 0.3) is 0 Å². The van der Waals surface area contributed by atoms with Crippen molar-refractivity contribution < 1.29 is 9.90 Å². The van der Waals surface area contributed by atoms with Gasteiger partial charge in [0.2, 0.25) is 0 Å². The monoisotopic (exact) mass is 311 g/mol. The number of halogens is 1. The predicted molar refractivity (Wildman–Crippen MR) is 78.9 cm³/mol. The van der Waals surface area contributed by atoms with Crippen LogP contribution in [-0.2, 0) is 4.79 Å². The Kier molecular flexibility index (Phi) is 5.41. The van der Waals surface area contributed by atoms with Crippen LogP contribution in [0.1, 0.15) is 19.4 Å². The van der Waals surface area contributed by atoms with Gasteiger partial charge in [-0.05, 0) is 29.7 Å². The topological polar surface area (TPSA) is 40.5 Å². The molecule has 0 saturated heterocycles. The van der Waals surface area contributed by atoms with E-state index in [1.807, 2.05) is 18.2 Å². The van der Waals surface area contributed by atoms with E-state index in [4.69, 9.17) is 5.11 Å². The Labute approximate surface area is 116 Å². The van der Waals surface area contributed by atoms with Crippen molar-refractivity contribution in [1.82, 2.24) is 0 Å². The van der Waals surface area contributed by atoms with Crippen LogP contribution in [-0.4, -0.2) is 24.7 Å². The molecule has 0 bridgehead atoms. The molecule has 0 heterocycles.